The molecule has 0 saturated carbocycles. The molecule has 0 radical (unpaired) electrons. The third kappa shape index (κ3) is 3.65. The summed E-state index contributed by atoms with van der Waals surface area (Å²) in [6.07, 6.45) is 2.42. The van der Waals surface area contributed by atoms with Crippen LogP contribution in [0.3, 0.4) is 0 Å². The summed E-state index contributed by atoms with van der Waals surface area (Å²) >= 11 is 1.68. The maximum Gasteiger partial charge on any atom is 0.138 e. The van der Waals surface area contributed by atoms with E-state index in [0.29, 0.717) is 18.8 Å². The fraction of sp³-hybridized carbons (Fsp3) is 0.538. The summed E-state index contributed by atoms with van der Waals surface area (Å²) in [5, 5.41) is 16.3. The van der Waals surface area contributed by atoms with Gasteiger partial charge < -0.3 is 5.11 Å². The normalized spacial score (nSPS) is 13.1. The van der Waals surface area contributed by atoms with Gasteiger partial charge in [-0.05, 0) is 17.4 Å². The third-order valence-corrected chi connectivity index (χ3v) is 3.57. The standard InChI is InChI=1S/C13H19N3OS/c1-10(2)8-16-13(14-9-15-16)7-11(17)6-12-4-3-5-18-12/h3-5,9-11,17H,6-8H2,1-2H3. The smallest absolute Gasteiger partial charge is 0.138 e. The van der Waals surface area contributed by atoms with Gasteiger partial charge in [0.15, 0.2) is 0 Å². The molecule has 0 aliphatic rings. The number of nitrogens with zero attached hydrogens (tertiary/aromatic N) is 3. The molecule has 0 saturated heterocycles. The van der Waals surface area contributed by atoms with E-state index in [0.717, 1.165) is 12.4 Å². The molecule has 1 atom stereocenters. The number of aromatic nitrogens is 3. The van der Waals surface area contributed by atoms with Gasteiger partial charge in [-0.3, -0.25) is 0 Å². The van der Waals surface area contributed by atoms with Gasteiger partial charge in [-0.2, -0.15) is 5.10 Å². The van der Waals surface area contributed by atoms with Gasteiger partial charge in [-0.1, -0.05) is 19.9 Å². The van der Waals surface area contributed by atoms with E-state index in [-0.39, 0.29) is 0 Å². The van der Waals surface area contributed by atoms with Crippen LogP contribution in [0.1, 0.15) is 24.5 Å². The summed E-state index contributed by atoms with van der Waals surface area (Å²) < 4.78 is 1.89. The Morgan fingerprint density at radius 1 is 1.39 bits per heavy atom. The lowest BCUT2D eigenvalue weighted by molar-refractivity contribution is 0.171. The molecule has 1 unspecified atom stereocenters. The molecule has 2 rings (SSSR count). The number of hydrogen-bond acceptors (Lipinski definition) is 4. The highest BCUT2D eigenvalue weighted by Crippen LogP contribution is 2.13. The fourth-order valence-electron chi connectivity index (χ4n) is 1.89. The lowest BCUT2D eigenvalue weighted by atomic mass is 10.1. The number of rotatable bonds is 6. The second-order valence-electron chi connectivity index (χ2n) is 4.89. The van der Waals surface area contributed by atoms with Crippen molar-refractivity contribution >= 4 is 11.3 Å². The zero-order valence-corrected chi connectivity index (χ0v) is 11.6. The van der Waals surface area contributed by atoms with Gasteiger partial charge >= 0.3 is 0 Å². The summed E-state index contributed by atoms with van der Waals surface area (Å²) in [6, 6.07) is 4.06. The molecule has 0 aliphatic heterocycles. The molecule has 2 heterocycles. The zero-order valence-electron chi connectivity index (χ0n) is 10.8. The van der Waals surface area contributed by atoms with Crippen LogP contribution in [0, 0.1) is 5.92 Å². The van der Waals surface area contributed by atoms with Crippen molar-refractivity contribution in [1.29, 1.82) is 0 Å². The molecule has 0 bridgehead atoms. The van der Waals surface area contributed by atoms with Crippen LogP contribution < -0.4 is 0 Å². The molecule has 5 heteroatoms. The van der Waals surface area contributed by atoms with Crippen LogP contribution in [-0.2, 0) is 19.4 Å². The Morgan fingerprint density at radius 3 is 2.89 bits per heavy atom. The molecule has 18 heavy (non-hydrogen) atoms. The van der Waals surface area contributed by atoms with Crippen LogP contribution >= 0.6 is 11.3 Å². The van der Waals surface area contributed by atoms with Gasteiger partial charge in [0.05, 0.1) is 6.10 Å². The Morgan fingerprint density at radius 2 is 2.22 bits per heavy atom. The molecule has 0 spiro atoms. The van der Waals surface area contributed by atoms with E-state index >= 15 is 0 Å². The van der Waals surface area contributed by atoms with Gasteiger partial charge in [0.25, 0.3) is 0 Å². The molecular weight excluding hydrogens is 246 g/mol. The number of aliphatic hydroxyl groups excluding tert-OH is 1. The lowest BCUT2D eigenvalue weighted by Crippen LogP contribution is -2.18. The molecule has 1 N–H and O–H groups in total. The minimum Gasteiger partial charge on any atom is -0.392 e. The van der Waals surface area contributed by atoms with E-state index in [4.69, 9.17) is 0 Å². The average molecular weight is 265 g/mol. The van der Waals surface area contributed by atoms with Crippen molar-refractivity contribution in [3.8, 4) is 0 Å². The van der Waals surface area contributed by atoms with Crippen molar-refractivity contribution in [3.63, 3.8) is 0 Å². The van der Waals surface area contributed by atoms with Gasteiger partial charge in [-0.15, -0.1) is 11.3 Å². The van der Waals surface area contributed by atoms with E-state index in [1.54, 1.807) is 17.7 Å². The van der Waals surface area contributed by atoms with Crippen LogP contribution in [0.4, 0.5) is 0 Å². The molecule has 98 valence electrons. The monoisotopic (exact) mass is 265 g/mol. The topological polar surface area (TPSA) is 50.9 Å². The van der Waals surface area contributed by atoms with Crippen molar-refractivity contribution < 1.29 is 5.11 Å². The predicted octanol–water partition coefficient (Wildman–Crippen LogP) is 2.14. The molecular formula is C13H19N3OS. The van der Waals surface area contributed by atoms with Crippen molar-refractivity contribution in [3.05, 3.63) is 34.5 Å². The highest BCUT2D eigenvalue weighted by molar-refractivity contribution is 7.09. The van der Waals surface area contributed by atoms with E-state index in [1.165, 1.54) is 4.88 Å². The second kappa shape index (κ2) is 6.11. The molecule has 2 aromatic rings. The Bertz CT molecular complexity index is 464. The van der Waals surface area contributed by atoms with Crippen molar-refractivity contribution in [2.45, 2.75) is 39.3 Å². The van der Waals surface area contributed by atoms with Gasteiger partial charge in [-0.25, -0.2) is 9.67 Å². The van der Waals surface area contributed by atoms with E-state index in [1.807, 2.05) is 22.2 Å². The summed E-state index contributed by atoms with van der Waals surface area (Å²) in [5.41, 5.74) is 0. The zero-order chi connectivity index (χ0) is 13.0. The van der Waals surface area contributed by atoms with Crippen molar-refractivity contribution in [2.75, 3.05) is 0 Å². The Hall–Kier alpha value is -1.20. The Balaban J connectivity index is 1.94. The summed E-state index contributed by atoms with van der Waals surface area (Å²) in [6.45, 7) is 5.14. The molecule has 0 fully saturated rings. The Kier molecular flexibility index (Phi) is 4.49. The minimum absolute atomic E-state index is 0.390. The number of hydrogen-bond donors (Lipinski definition) is 1. The summed E-state index contributed by atoms with van der Waals surface area (Å²) in [5.74, 6) is 1.40. The van der Waals surface area contributed by atoms with Crippen LogP contribution in [-0.4, -0.2) is 26.0 Å². The van der Waals surface area contributed by atoms with E-state index in [9.17, 15) is 5.11 Å². The van der Waals surface area contributed by atoms with Gasteiger partial charge in [0.1, 0.15) is 12.2 Å². The maximum atomic E-state index is 10.1. The molecule has 0 aromatic carbocycles. The summed E-state index contributed by atoms with van der Waals surface area (Å²) in [4.78, 5) is 5.44. The molecule has 2 aromatic heterocycles. The van der Waals surface area contributed by atoms with Crippen LogP contribution in [0.2, 0.25) is 0 Å². The van der Waals surface area contributed by atoms with E-state index in [2.05, 4.69) is 23.9 Å². The molecule has 4 nitrogen and oxygen atoms in total. The van der Waals surface area contributed by atoms with Crippen LogP contribution in [0.15, 0.2) is 23.8 Å². The maximum absolute atomic E-state index is 10.1. The molecule has 0 amide bonds. The first kappa shape index (κ1) is 13.2. The van der Waals surface area contributed by atoms with Gasteiger partial charge in [0, 0.05) is 24.3 Å². The Labute approximate surface area is 111 Å². The van der Waals surface area contributed by atoms with Crippen LogP contribution in [0.5, 0.6) is 0 Å². The fourth-order valence-corrected chi connectivity index (χ4v) is 2.67. The van der Waals surface area contributed by atoms with Crippen molar-refractivity contribution in [2.24, 2.45) is 5.92 Å². The second-order valence-corrected chi connectivity index (χ2v) is 5.93. The number of aliphatic hydroxyl groups is 1. The molecule has 0 aliphatic carbocycles. The number of thiophene rings is 1. The van der Waals surface area contributed by atoms with E-state index < -0.39 is 6.10 Å². The average Bonchev–Trinajstić information content (AvgIpc) is 2.91. The first-order valence-corrected chi connectivity index (χ1v) is 7.10. The predicted molar refractivity (Wildman–Crippen MR) is 72.6 cm³/mol. The highest BCUT2D eigenvalue weighted by atomic mass is 32.1. The van der Waals surface area contributed by atoms with Gasteiger partial charge in [0.2, 0.25) is 0 Å². The minimum atomic E-state index is -0.390. The third-order valence-electron chi connectivity index (χ3n) is 2.67. The quantitative estimate of drug-likeness (QED) is 0.870. The van der Waals surface area contributed by atoms with Crippen LogP contribution in [0.25, 0.3) is 0 Å². The SMILES string of the molecule is CC(C)Cn1ncnc1CC(O)Cc1cccs1. The largest absolute Gasteiger partial charge is 0.392 e. The first-order chi connectivity index (χ1) is 8.65. The van der Waals surface area contributed by atoms with Crippen molar-refractivity contribution in [1.82, 2.24) is 14.8 Å². The lowest BCUT2D eigenvalue weighted by Gasteiger charge is -2.11. The highest BCUT2D eigenvalue weighted by Gasteiger charge is 2.13. The first-order valence-electron chi connectivity index (χ1n) is 6.22. The summed E-state index contributed by atoms with van der Waals surface area (Å²) in [7, 11) is 0.